The number of para-hydroxylation sites is 1. The molecule has 0 saturated heterocycles. The molecule has 0 unspecified atom stereocenters. The molecule has 20 heavy (non-hydrogen) atoms. The minimum absolute atomic E-state index is 0.0583. The van der Waals surface area contributed by atoms with Crippen LogP contribution in [0.15, 0.2) is 29.1 Å². The van der Waals surface area contributed by atoms with Crippen molar-refractivity contribution in [1.29, 1.82) is 0 Å². The second-order valence-electron chi connectivity index (χ2n) is 5.47. The fraction of sp³-hybridized carbons (Fsp3) is 0.429. The third kappa shape index (κ3) is 4.03. The molecule has 1 heterocycles. The van der Waals surface area contributed by atoms with Crippen molar-refractivity contribution in [3.05, 3.63) is 41.8 Å². The molecule has 1 aromatic carbocycles. The summed E-state index contributed by atoms with van der Waals surface area (Å²) in [5.41, 5.74) is 0.695. The van der Waals surface area contributed by atoms with Gasteiger partial charge in [0.05, 0.1) is 0 Å². The highest BCUT2D eigenvalue weighted by molar-refractivity contribution is 5.35. The standard InChI is InChI=1S/C14H18FN3O2/c1-14(2,3)17-7-10-5-4-6-11(15)13(10)19-8-12-16-9-20-18-12/h4-6,9,17H,7-8H2,1-3H3. The quantitative estimate of drug-likeness (QED) is 0.911. The average Bonchev–Trinajstić information content (AvgIpc) is 2.87. The molecule has 0 atom stereocenters. The first-order valence-corrected chi connectivity index (χ1v) is 6.36. The number of aromatic nitrogens is 2. The Balaban J connectivity index is 2.09. The number of ether oxygens (including phenoxy) is 1. The Kier molecular flexibility index (Phi) is 4.34. The molecule has 0 aliphatic heterocycles. The summed E-state index contributed by atoms with van der Waals surface area (Å²) in [4.78, 5) is 3.84. The summed E-state index contributed by atoms with van der Waals surface area (Å²) in [7, 11) is 0. The van der Waals surface area contributed by atoms with Crippen molar-refractivity contribution in [3.8, 4) is 5.75 Å². The molecule has 1 aromatic heterocycles. The Bertz CT molecular complexity index is 550. The average molecular weight is 279 g/mol. The van der Waals surface area contributed by atoms with Crippen LogP contribution in [0.3, 0.4) is 0 Å². The largest absolute Gasteiger partial charge is 0.482 e. The number of nitrogens with zero attached hydrogens (tertiary/aromatic N) is 2. The van der Waals surface area contributed by atoms with Gasteiger partial charge in [0.2, 0.25) is 12.2 Å². The van der Waals surface area contributed by atoms with Gasteiger partial charge in [-0.2, -0.15) is 4.98 Å². The molecule has 0 fully saturated rings. The van der Waals surface area contributed by atoms with E-state index in [1.54, 1.807) is 6.07 Å². The molecule has 6 heteroatoms. The molecule has 0 aliphatic carbocycles. The van der Waals surface area contributed by atoms with Crippen LogP contribution in [0.25, 0.3) is 0 Å². The molecule has 0 bridgehead atoms. The normalized spacial score (nSPS) is 11.6. The maximum absolute atomic E-state index is 13.9. The lowest BCUT2D eigenvalue weighted by molar-refractivity contribution is 0.268. The summed E-state index contributed by atoms with van der Waals surface area (Å²) in [6.45, 7) is 6.73. The van der Waals surface area contributed by atoms with E-state index in [4.69, 9.17) is 4.74 Å². The van der Waals surface area contributed by atoms with E-state index in [0.717, 1.165) is 5.56 Å². The van der Waals surface area contributed by atoms with Gasteiger partial charge in [-0.3, -0.25) is 0 Å². The van der Waals surface area contributed by atoms with Crippen LogP contribution >= 0.6 is 0 Å². The van der Waals surface area contributed by atoms with Gasteiger partial charge in [0.15, 0.2) is 18.2 Å². The topological polar surface area (TPSA) is 60.2 Å². The van der Waals surface area contributed by atoms with Gasteiger partial charge in [0.1, 0.15) is 0 Å². The molecule has 0 spiro atoms. The van der Waals surface area contributed by atoms with Crippen molar-refractivity contribution < 1.29 is 13.7 Å². The predicted octanol–water partition coefficient (Wildman–Crippen LogP) is 2.68. The number of hydrogen-bond donors (Lipinski definition) is 1. The highest BCUT2D eigenvalue weighted by atomic mass is 19.1. The Morgan fingerprint density at radius 3 is 2.80 bits per heavy atom. The molecule has 0 radical (unpaired) electrons. The summed E-state index contributed by atoms with van der Waals surface area (Å²) in [5, 5.41) is 6.93. The first kappa shape index (κ1) is 14.5. The first-order valence-electron chi connectivity index (χ1n) is 6.36. The van der Waals surface area contributed by atoms with Gasteiger partial charge in [-0.05, 0) is 26.8 Å². The van der Waals surface area contributed by atoms with E-state index in [1.807, 2.05) is 26.8 Å². The van der Waals surface area contributed by atoms with Gasteiger partial charge >= 0.3 is 0 Å². The van der Waals surface area contributed by atoms with E-state index in [0.29, 0.717) is 12.4 Å². The molecule has 2 aromatic rings. The third-order valence-electron chi connectivity index (χ3n) is 2.61. The van der Waals surface area contributed by atoms with Crippen molar-refractivity contribution in [2.75, 3.05) is 0 Å². The molecule has 2 rings (SSSR count). The molecule has 0 saturated carbocycles. The Morgan fingerprint density at radius 1 is 1.35 bits per heavy atom. The van der Waals surface area contributed by atoms with Gasteiger partial charge < -0.3 is 14.6 Å². The summed E-state index contributed by atoms with van der Waals surface area (Å²) < 4.78 is 24.0. The minimum atomic E-state index is -0.401. The third-order valence-corrected chi connectivity index (χ3v) is 2.61. The lowest BCUT2D eigenvalue weighted by Gasteiger charge is -2.21. The maximum Gasteiger partial charge on any atom is 0.213 e. The van der Waals surface area contributed by atoms with Crippen LogP contribution in [0.4, 0.5) is 4.39 Å². The fourth-order valence-corrected chi connectivity index (χ4v) is 1.61. The van der Waals surface area contributed by atoms with Crippen LogP contribution in [0.2, 0.25) is 0 Å². The van der Waals surface area contributed by atoms with E-state index < -0.39 is 5.82 Å². The number of rotatable bonds is 5. The SMILES string of the molecule is CC(C)(C)NCc1cccc(F)c1OCc1ncon1. The highest BCUT2D eigenvalue weighted by Crippen LogP contribution is 2.24. The van der Waals surface area contributed by atoms with E-state index in [1.165, 1.54) is 12.5 Å². The zero-order valence-electron chi connectivity index (χ0n) is 11.8. The molecule has 1 N–H and O–H groups in total. The lowest BCUT2D eigenvalue weighted by Crippen LogP contribution is -2.35. The predicted molar refractivity (Wildman–Crippen MR) is 71.6 cm³/mol. The summed E-state index contributed by atoms with van der Waals surface area (Å²) in [6.07, 6.45) is 1.21. The maximum atomic E-state index is 13.9. The van der Waals surface area contributed by atoms with Crippen molar-refractivity contribution in [2.24, 2.45) is 0 Å². The lowest BCUT2D eigenvalue weighted by atomic mass is 10.1. The second kappa shape index (κ2) is 6.00. The number of hydrogen-bond acceptors (Lipinski definition) is 5. The summed E-state index contributed by atoms with van der Waals surface area (Å²) in [6, 6.07) is 4.86. The van der Waals surface area contributed by atoms with E-state index in [9.17, 15) is 4.39 Å². The van der Waals surface area contributed by atoms with Crippen LogP contribution < -0.4 is 10.1 Å². The van der Waals surface area contributed by atoms with Crippen molar-refractivity contribution in [1.82, 2.24) is 15.5 Å². The van der Waals surface area contributed by atoms with Crippen LogP contribution in [0, 0.1) is 5.82 Å². The van der Waals surface area contributed by atoms with Gasteiger partial charge in [-0.15, -0.1) is 0 Å². The van der Waals surface area contributed by atoms with Gasteiger partial charge in [-0.1, -0.05) is 17.3 Å². The summed E-state index contributed by atoms with van der Waals surface area (Å²) >= 11 is 0. The summed E-state index contributed by atoms with van der Waals surface area (Å²) in [5.74, 6) is 0.193. The van der Waals surface area contributed by atoms with Crippen molar-refractivity contribution in [2.45, 2.75) is 39.5 Å². The molecule has 0 amide bonds. The van der Waals surface area contributed by atoms with Crippen LogP contribution in [0.1, 0.15) is 32.2 Å². The smallest absolute Gasteiger partial charge is 0.213 e. The van der Waals surface area contributed by atoms with Gasteiger partial charge in [0.25, 0.3) is 0 Å². The number of nitrogens with one attached hydrogen (secondary N) is 1. The van der Waals surface area contributed by atoms with Crippen molar-refractivity contribution in [3.63, 3.8) is 0 Å². The van der Waals surface area contributed by atoms with E-state index in [2.05, 4.69) is 20.0 Å². The van der Waals surface area contributed by atoms with Gasteiger partial charge in [0, 0.05) is 17.6 Å². The fourth-order valence-electron chi connectivity index (χ4n) is 1.61. The second-order valence-corrected chi connectivity index (χ2v) is 5.47. The zero-order valence-corrected chi connectivity index (χ0v) is 11.8. The Labute approximate surface area is 117 Å². The number of halogens is 1. The molecular weight excluding hydrogens is 261 g/mol. The Morgan fingerprint density at radius 2 is 2.15 bits per heavy atom. The highest BCUT2D eigenvalue weighted by Gasteiger charge is 2.14. The molecular formula is C14H18FN3O2. The molecule has 108 valence electrons. The monoisotopic (exact) mass is 279 g/mol. The zero-order chi connectivity index (χ0) is 14.6. The first-order chi connectivity index (χ1) is 9.46. The van der Waals surface area contributed by atoms with Gasteiger partial charge in [-0.25, -0.2) is 4.39 Å². The number of benzene rings is 1. The van der Waals surface area contributed by atoms with Crippen molar-refractivity contribution >= 4 is 0 Å². The van der Waals surface area contributed by atoms with E-state index >= 15 is 0 Å². The van der Waals surface area contributed by atoms with Crippen LogP contribution in [0.5, 0.6) is 5.75 Å². The Hall–Kier alpha value is -1.95. The van der Waals surface area contributed by atoms with Crippen LogP contribution in [-0.4, -0.2) is 15.7 Å². The minimum Gasteiger partial charge on any atom is -0.482 e. The molecule has 0 aliphatic rings. The van der Waals surface area contributed by atoms with E-state index in [-0.39, 0.29) is 17.9 Å². The molecule has 5 nitrogen and oxygen atoms in total. The van der Waals surface area contributed by atoms with Crippen LogP contribution in [-0.2, 0) is 13.2 Å².